The number of aromatic nitrogens is 5. The van der Waals surface area contributed by atoms with Crippen molar-refractivity contribution in [3.8, 4) is 5.69 Å². The van der Waals surface area contributed by atoms with Gasteiger partial charge in [-0.25, -0.2) is 4.79 Å². The molecular weight excluding hydrogens is 514 g/mol. The fourth-order valence-corrected chi connectivity index (χ4v) is 3.65. The Morgan fingerprint density at radius 3 is 2.55 bits per heavy atom. The summed E-state index contributed by atoms with van der Waals surface area (Å²) in [6.45, 7) is 0. The number of aromatic carboxylic acids is 1. The maximum Gasteiger partial charge on any atom is 0.335 e. The summed E-state index contributed by atoms with van der Waals surface area (Å²) < 4.78 is 1.41. The standard InChI is InChI=1S/C25H20ClN7O5/c26-18-5-8-21(33-14-28-31-32-33)17(12-18)4-10-23(35)30-20(11-15-1-9-22(34)27-13-15)24(36)29-19-6-2-16(3-7-19)25(37)38/h1-10,12-14,20H,11H2,(H,27,34)(H,29,36)(H,30,35)(H,37,38)/t20-/m0/s1. The van der Waals surface area contributed by atoms with Crippen LogP contribution in [0.2, 0.25) is 5.02 Å². The third kappa shape index (κ3) is 6.77. The molecule has 0 saturated carbocycles. The van der Waals surface area contributed by atoms with Crippen molar-refractivity contribution in [3.63, 3.8) is 0 Å². The van der Waals surface area contributed by atoms with E-state index in [9.17, 15) is 19.2 Å². The lowest BCUT2D eigenvalue weighted by atomic mass is 10.1. The van der Waals surface area contributed by atoms with E-state index in [1.165, 1.54) is 59.7 Å². The molecule has 12 nitrogen and oxygen atoms in total. The monoisotopic (exact) mass is 533 g/mol. The van der Waals surface area contributed by atoms with E-state index in [0.717, 1.165) is 0 Å². The van der Waals surface area contributed by atoms with Crippen LogP contribution in [0.25, 0.3) is 11.8 Å². The zero-order valence-electron chi connectivity index (χ0n) is 19.5. The highest BCUT2D eigenvalue weighted by Gasteiger charge is 2.21. The van der Waals surface area contributed by atoms with Crippen LogP contribution < -0.4 is 16.2 Å². The number of tetrazole rings is 1. The van der Waals surface area contributed by atoms with Crippen LogP contribution >= 0.6 is 11.6 Å². The maximum atomic E-state index is 13.1. The highest BCUT2D eigenvalue weighted by atomic mass is 35.5. The van der Waals surface area contributed by atoms with Gasteiger partial charge in [-0.1, -0.05) is 17.7 Å². The Balaban J connectivity index is 1.53. The molecule has 1 atom stereocenters. The molecule has 0 aliphatic rings. The number of carbonyl (C=O) groups is 3. The number of nitrogens with zero attached hydrogens (tertiary/aromatic N) is 4. The SMILES string of the molecule is O=C(C=Cc1cc(Cl)ccc1-n1cnnn1)N[C@@H](Cc1ccc(=O)[nH]c1)C(=O)Nc1ccc(C(=O)O)cc1. The van der Waals surface area contributed by atoms with Crippen molar-refractivity contribution in [2.24, 2.45) is 0 Å². The van der Waals surface area contributed by atoms with Crippen LogP contribution in [-0.2, 0) is 16.0 Å². The number of hydrogen-bond donors (Lipinski definition) is 4. The van der Waals surface area contributed by atoms with E-state index in [4.69, 9.17) is 16.7 Å². The Hall–Kier alpha value is -5.10. The molecular formula is C25H20ClN7O5. The molecule has 192 valence electrons. The number of amides is 2. The number of carboxylic acids is 1. The van der Waals surface area contributed by atoms with Crippen molar-refractivity contribution >= 4 is 41.1 Å². The van der Waals surface area contributed by atoms with Crippen LogP contribution in [-0.4, -0.2) is 54.1 Å². The zero-order valence-corrected chi connectivity index (χ0v) is 20.3. The fourth-order valence-electron chi connectivity index (χ4n) is 3.46. The molecule has 0 aliphatic carbocycles. The highest BCUT2D eigenvalue weighted by Crippen LogP contribution is 2.20. The minimum Gasteiger partial charge on any atom is -0.478 e. The van der Waals surface area contributed by atoms with Crippen LogP contribution in [0.5, 0.6) is 0 Å². The average molecular weight is 534 g/mol. The van der Waals surface area contributed by atoms with E-state index < -0.39 is 23.8 Å². The molecule has 0 aliphatic heterocycles. The third-order valence-electron chi connectivity index (χ3n) is 5.32. The molecule has 0 unspecified atom stereocenters. The highest BCUT2D eigenvalue weighted by molar-refractivity contribution is 6.30. The van der Waals surface area contributed by atoms with E-state index in [1.54, 1.807) is 24.3 Å². The Labute approximate surface area is 220 Å². The number of H-pyrrole nitrogens is 1. The van der Waals surface area contributed by atoms with Gasteiger partial charge in [0.05, 0.1) is 11.3 Å². The minimum atomic E-state index is -1.10. The number of aromatic amines is 1. The largest absolute Gasteiger partial charge is 0.478 e. The Kier molecular flexibility index (Phi) is 8.04. The van der Waals surface area contributed by atoms with Gasteiger partial charge in [0.25, 0.3) is 0 Å². The summed E-state index contributed by atoms with van der Waals surface area (Å²) in [5.41, 5.74) is 1.84. The van der Waals surface area contributed by atoms with E-state index >= 15 is 0 Å². The number of rotatable bonds is 9. The molecule has 4 aromatic rings. The number of benzene rings is 2. The smallest absolute Gasteiger partial charge is 0.335 e. The van der Waals surface area contributed by atoms with E-state index in [0.29, 0.717) is 27.5 Å². The number of anilines is 1. The molecule has 4 N–H and O–H groups in total. The fraction of sp³-hybridized carbons (Fsp3) is 0.0800. The van der Waals surface area contributed by atoms with Crippen LogP contribution in [0, 0.1) is 0 Å². The van der Waals surface area contributed by atoms with Gasteiger partial charge in [0.15, 0.2) is 0 Å². The summed E-state index contributed by atoms with van der Waals surface area (Å²) in [7, 11) is 0. The summed E-state index contributed by atoms with van der Waals surface area (Å²) in [5, 5.41) is 25.9. The molecule has 0 saturated heterocycles. The predicted molar refractivity (Wildman–Crippen MR) is 138 cm³/mol. The van der Waals surface area contributed by atoms with Crippen molar-refractivity contribution < 1.29 is 19.5 Å². The van der Waals surface area contributed by atoms with Gasteiger partial charge in [-0.15, -0.1) is 5.10 Å². The lowest BCUT2D eigenvalue weighted by Gasteiger charge is -2.18. The second-order valence-electron chi connectivity index (χ2n) is 7.99. The number of pyridine rings is 1. The van der Waals surface area contributed by atoms with Crippen LogP contribution in [0.1, 0.15) is 21.5 Å². The normalized spacial score (nSPS) is 11.7. The first kappa shape index (κ1) is 26.0. The summed E-state index contributed by atoms with van der Waals surface area (Å²) in [6, 6.07) is 12.4. The third-order valence-corrected chi connectivity index (χ3v) is 5.56. The quantitative estimate of drug-likeness (QED) is 0.237. The number of halogens is 1. The molecule has 0 radical (unpaired) electrons. The molecule has 2 heterocycles. The van der Waals surface area contributed by atoms with Gasteiger partial charge >= 0.3 is 5.97 Å². The summed E-state index contributed by atoms with van der Waals surface area (Å²) in [5.74, 6) is -2.21. The van der Waals surface area contributed by atoms with Crippen molar-refractivity contribution in [1.29, 1.82) is 0 Å². The Bertz CT molecular complexity index is 1530. The molecule has 38 heavy (non-hydrogen) atoms. The molecule has 2 amide bonds. The first-order valence-corrected chi connectivity index (χ1v) is 11.5. The molecule has 0 bridgehead atoms. The summed E-state index contributed by atoms with van der Waals surface area (Å²) in [6.07, 6.45) is 5.68. The molecule has 13 heteroatoms. The number of hydrogen-bond acceptors (Lipinski definition) is 7. The van der Waals surface area contributed by atoms with Crippen molar-refractivity contribution in [2.45, 2.75) is 12.5 Å². The summed E-state index contributed by atoms with van der Waals surface area (Å²) in [4.78, 5) is 51.0. The molecule has 0 spiro atoms. The van der Waals surface area contributed by atoms with E-state index in [1.807, 2.05) is 0 Å². The number of carbonyl (C=O) groups excluding carboxylic acids is 2. The zero-order chi connectivity index (χ0) is 27.1. The van der Waals surface area contributed by atoms with Crippen molar-refractivity contribution in [2.75, 3.05) is 5.32 Å². The van der Waals surface area contributed by atoms with Gasteiger partial charge in [-0.05, 0) is 64.5 Å². The Morgan fingerprint density at radius 2 is 1.89 bits per heavy atom. The molecule has 0 fully saturated rings. The van der Waals surface area contributed by atoms with Crippen LogP contribution in [0.3, 0.4) is 0 Å². The molecule has 2 aromatic heterocycles. The van der Waals surface area contributed by atoms with Gasteiger partial charge < -0.3 is 20.7 Å². The first-order valence-electron chi connectivity index (χ1n) is 11.1. The molecule has 2 aromatic carbocycles. The minimum absolute atomic E-state index is 0.0632. The lowest BCUT2D eigenvalue weighted by Crippen LogP contribution is -2.44. The first-order chi connectivity index (χ1) is 18.3. The van der Waals surface area contributed by atoms with Crippen molar-refractivity contribution in [1.82, 2.24) is 30.5 Å². The van der Waals surface area contributed by atoms with Gasteiger partial charge in [-0.2, -0.15) is 4.68 Å². The van der Waals surface area contributed by atoms with E-state index in [-0.39, 0.29) is 17.5 Å². The Morgan fingerprint density at radius 1 is 1.11 bits per heavy atom. The van der Waals surface area contributed by atoms with Gasteiger partial charge in [-0.3, -0.25) is 14.4 Å². The van der Waals surface area contributed by atoms with Crippen molar-refractivity contribution in [3.05, 3.63) is 105 Å². The van der Waals surface area contributed by atoms with Gasteiger partial charge in [0.2, 0.25) is 17.4 Å². The van der Waals surface area contributed by atoms with Crippen LogP contribution in [0.4, 0.5) is 5.69 Å². The number of carboxylic acid groups (broad SMARTS) is 1. The lowest BCUT2D eigenvalue weighted by molar-refractivity contribution is -0.123. The van der Waals surface area contributed by atoms with Crippen LogP contribution in [0.15, 0.2) is 78.0 Å². The average Bonchev–Trinajstić information content (AvgIpc) is 3.43. The second-order valence-corrected chi connectivity index (χ2v) is 8.43. The maximum absolute atomic E-state index is 13.1. The second kappa shape index (κ2) is 11.8. The topological polar surface area (TPSA) is 172 Å². The number of nitrogens with one attached hydrogen (secondary N) is 3. The predicted octanol–water partition coefficient (Wildman–Crippen LogP) is 2.08. The summed E-state index contributed by atoms with van der Waals surface area (Å²) >= 11 is 6.12. The van der Waals surface area contributed by atoms with Gasteiger partial charge in [0.1, 0.15) is 12.4 Å². The van der Waals surface area contributed by atoms with E-state index in [2.05, 4.69) is 31.1 Å². The molecule has 4 rings (SSSR count). The van der Waals surface area contributed by atoms with Gasteiger partial charge in [0, 0.05) is 41.0 Å².